The van der Waals surface area contributed by atoms with Crippen LogP contribution >= 0.6 is 58.0 Å². The van der Waals surface area contributed by atoms with Crippen LogP contribution in [0.3, 0.4) is 0 Å². The molecule has 8 rings (SSSR count). The number of halogens is 5. The van der Waals surface area contributed by atoms with Crippen LogP contribution in [-0.4, -0.2) is 47.8 Å². The van der Waals surface area contributed by atoms with E-state index in [-0.39, 0.29) is 0 Å². The molecule has 0 saturated heterocycles. The second kappa shape index (κ2) is 14.6. The molecule has 4 aromatic carbocycles. The lowest BCUT2D eigenvalue weighted by molar-refractivity contribution is -0.400. The first-order valence-electron chi connectivity index (χ1n) is 17.4. The minimum atomic E-state index is 0.575. The van der Waals surface area contributed by atoms with Crippen LogP contribution in [0, 0.1) is 0 Å². The Balaban J connectivity index is 1.01. The zero-order valence-corrected chi connectivity index (χ0v) is 32.7. The standard InChI is InChI=1S/C43H37Cl5N4/c1-49-34(18-27-10-13-31(44)23-40(27)49)6-3-8-36-19-28-11-14-32(45)24-42(28)51(36)16-5-17-52-37(20-29-12-15-33(46)25-43(29)52)9-4-7-35-21-30-22-38(47)39(48)26-41(30)50(35)2/h3-4,6-15,22-26H,5,16-21H2,1-2H3/q+2. The van der Waals surface area contributed by atoms with Gasteiger partial charge < -0.3 is 9.80 Å². The van der Waals surface area contributed by atoms with E-state index in [0.717, 1.165) is 65.9 Å². The number of anilines is 2. The Hall–Kier alpha value is -3.77. The van der Waals surface area contributed by atoms with Gasteiger partial charge in [-0.3, -0.25) is 0 Å². The average molecular weight is 787 g/mol. The molecule has 0 fully saturated rings. The zero-order chi connectivity index (χ0) is 36.1. The van der Waals surface area contributed by atoms with Gasteiger partial charge >= 0.3 is 0 Å². The number of hydrogen-bond acceptors (Lipinski definition) is 2. The normalized spacial score (nSPS) is 17.9. The lowest BCUT2D eigenvalue weighted by Gasteiger charge is -2.26. The van der Waals surface area contributed by atoms with E-state index in [2.05, 4.69) is 99.8 Å². The number of hydrogen-bond donors (Lipinski definition) is 0. The van der Waals surface area contributed by atoms with Crippen molar-refractivity contribution in [3.05, 3.63) is 162 Å². The summed E-state index contributed by atoms with van der Waals surface area (Å²) in [6.07, 6.45) is 17.6. The fourth-order valence-electron chi connectivity index (χ4n) is 7.83. The largest absolute Gasteiger partial charge is 0.344 e. The van der Waals surface area contributed by atoms with Gasteiger partial charge in [-0.2, -0.15) is 9.15 Å². The molecular formula is C43H37Cl5N4+2. The van der Waals surface area contributed by atoms with Crippen molar-refractivity contribution in [2.75, 3.05) is 37.0 Å². The van der Waals surface area contributed by atoms with Gasteiger partial charge in [0.25, 0.3) is 0 Å². The van der Waals surface area contributed by atoms with Crippen LogP contribution in [0.15, 0.2) is 115 Å². The monoisotopic (exact) mass is 784 g/mol. The first-order valence-corrected chi connectivity index (χ1v) is 19.3. The van der Waals surface area contributed by atoms with Crippen molar-refractivity contribution in [1.82, 2.24) is 0 Å². The quantitative estimate of drug-likeness (QED) is 0.165. The summed E-state index contributed by atoms with van der Waals surface area (Å²) in [5, 5.41) is 3.42. The number of rotatable bonds is 8. The smallest absolute Gasteiger partial charge is 0.210 e. The molecule has 4 aliphatic rings. The van der Waals surface area contributed by atoms with Crippen LogP contribution in [0.4, 0.5) is 22.7 Å². The highest BCUT2D eigenvalue weighted by Gasteiger charge is 2.29. The molecule has 0 bridgehead atoms. The Morgan fingerprint density at radius 3 is 1.56 bits per heavy atom. The van der Waals surface area contributed by atoms with Gasteiger partial charge in [0.2, 0.25) is 11.4 Å². The molecule has 0 N–H and O–H groups in total. The van der Waals surface area contributed by atoms with Crippen LogP contribution in [0.25, 0.3) is 0 Å². The highest BCUT2D eigenvalue weighted by Crippen LogP contribution is 2.39. The fourth-order valence-corrected chi connectivity index (χ4v) is 8.67. The molecule has 52 heavy (non-hydrogen) atoms. The number of benzene rings is 4. The summed E-state index contributed by atoms with van der Waals surface area (Å²) in [7, 11) is 4.18. The van der Waals surface area contributed by atoms with E-state index in [1.807, 2.05) is 36.4 Å². The topological polar surface area (TPSA) is 12.5 Å². The lowest BCUT2D eigenvalue weighted by atomic mass is 10.1. The van der Waals surface area contributed by atoms with Crippen molar-refractivity contribution in [2.24, 2.45) is 0 Å². The van der Waals surface area contributed by atoms with E-state index in [0.29, 0.717) is 10.0 Å². The van der Waals surface area contributed by atoms with Gasteiger partial charge in [0.1, 0.15) is 14.1 Å². The van der Waals surface area contributed by atoms with Gasteiger partial charge in [-0.1, -0.05) is 88.4 Å². The average Bonchev–Trinajstić information content (AvgIpc) is 3.83. The maximum absolute atomic E-state index is 6.54. The van der Waals surface area contributed by atoms with E-state index in [4.69, 9.17) is 58.0 Å². The van der Waals surface area contributed by atoms with Crippen molar-refractivity contribution in [3.63, 3.8) is 0 Å². The maximum Gasteiger partial charge on any atom is 0.210 e. The van der Waals surface area contributed by atoms with Gasteiger partial charge in [-0.15, -0.1) is 0 Å². The van der Waals surface area contributed by atoms with Crippen LogP contribution in [0.2, 0.25) is 25.1 Å². The van der Waals surface area contributed by atoms with E-state index < -0.39 is 0 Å². The third-order valence-corrected chi connectivity index (χ3v) is 12.0. The molecule has 0 unspecified atom stereocenters. The second-order valence-electron chi connectivity index (χ2n) is 13.7. The zero-order valence-electron chi connectivity index (χ0n) is 28.9. The Bertz CT molecular complexity index is 2330. The van der Waals surface area contributed by atoms with Gasteiger partial charge in [-0.05, 0) is 66.1 Å². The Morgan fingerprint density at radius 2 is 1.00 bits per heavy atom. The van der Waals surface area contributed by atoms with Crippen molar-refractivity contribution < 1.29 is 9.15 Å². The van der Waals surface area contributed by atoms with Crippen LogP contribution in [0.5, 0.6) is 0 Å². The Kier molecular flexibility index (Phi) is 9.88. The molecule has 4 nitrogen and oxygen atoms in total. The van der Waals surface area contributed by atoms with Crippen molar-refractivity contribution >= 4 is 92.2 Å². The number of nitrogens with zero attached hydrogens (tertiary/aromatic N) is 4. The first-order chi connectivity index (χ1) is 25.1. The summed E-state index contributed by atoms with van der Waals surface area (Å²) in [5.41, 5.74) is 14.6. The molecule has 4 heterocycles. The van der Waals surface area contributed by atoms with Crippen LogP contribution < -0.4 is 9.80 Å². The van der Waals surface area contributed by atoms with Crippen molar-refractivity contribution in [1.29, 1.82) is 0 Å². The summed E-state index contributed by atoms with van der Waals surface area (Å²) in [6.45, 7) is 1.71. The fraction of sp³-hybridized carbons (Fsp3) is 0.209. The van der Waals surface area contributed by atoms with E-state index >= 15 is 0 Å². The summed E-state index contributed by atoms with van der Waals surface area (Å²) in [4.78, 5) is 4.86. The molecule has 0 spiro atoms. The predicted molar refractivity (Wildman–Crippen MR) is 221 cm³/mol. The highest BCUT2D eigenvalue weighted by molar-refractivity contribution is 6.42. The summed E-state index contributed by atoms with van der Waals surface area (Å²) < 4.78 is 4.42. The molecule has 0 atom stereocenters. The predicted octanol–water partition coefficient (Wildman–Crippen LogP) is 11.6. The minimum Gasteiger partial charge on any atom is -0.344 e. The molecule has 4 aliphatic heterocycles. The number of fused-ring (bicyclic) bond motifs is 4. The van der Waals surface area contributed by atoms with Gasteiger partial charge in [0.05, 0.1) is 22.9 Å². The van der Waals surface area contributed by atoms with Crippen molar-refractivity contribution in [2.45, 2.75) is 32.1 Å². The van der Waals surface area contributed by atoms with Crippen LogP contribution in [-0.2, 0) is 25.7 Å². The van der Waals surface area contributed by atoms with Gasteiger partial charge in [-0.25, -0.2) is 0 Å². The van der Waals surface area contributed by atoms with Crippen molar-refractivity contribution in [3.8, 4) is 0 Å². The Morgan fingerprint density at radius 1 is 0.538 bits per heavy atom. The maximum atomic E-state index is 6.54. The third kappa shape index (κ3) is 6.88. The molecule has 0 aliphatic carbocycles. The molecule has 262 valence electrons. The van der Waals surface area contributed by atoms with Crippen LogP contribution in [0.1, 0.15) is 28.7 Å². The summed E-state index contributed by atoms with van der Waals surface area (Å²) in [5.74, 6) is 0. The summed E-state index contributed by atoms with van der Waals surface area (Å²) >= 11 is 32.0. The molecule has 0 saturated carbocycles. The molecule has 9 heteroatoms. The number of allylic oxidation sites excluding steroid dienone is 8. The highest BCUT2D eigenvalue weighted by atomic mass is 35.5. The minimum absolute atomic E-state index is 0.575. The van der Waals surface area contributed by atoms with E-state index in [1.165, 1.54) is 62.1 Å². The molecule has 0 amide bonds. The molecule has 4 aromatic rings. The molecule has 0 aromatic heterocycles. The molecular weight excluding hydrogens is 750 g/mol. The Labute approximate surface area is 330 Å². The summed E-state index contributed by atoms with van der Waals surface area (Å²) in [6, 6.07) is 22.5. The van der Waals surface area contributed by atoms with Gasteiger partial charge in [0.15, 0.2) is 11.4 Å². The first kappa shape index (κ1) is 35.3. The third-order valence-electron chi connectivity index (χ3n) is 10.5. The molecule has 0 radical (unpaired) electrons. The SMILES string of the molecule is C[N+]1=C(C=CC=C2Cc3ccc(Cl)cc3N2CCCN2C(=CC=CC3=[N+](C)c4cc(Cl)c(Cl)cc4C3)Cc3ccc(Cl)cc32)Cc2ccc(Cl)cc21. The van der Waals surface area contributed by atoms with Gasteiger partial charge in [0, 0.05) is 99.2 Å². The van der Waals surface area contributed by atoms with E-state index in [1.54, 1.807) is 0 Å². The van der Waals surface area contributed by atoms with E-state index in [9.17, 15) is 0 Å². The lowest BCUT2D eigenvalue weighted by Crippen LogP contribution is -2.26. The second-order valence-corrected chi connectivity index (χ2v) is 15.8.